The lowest BCUT2D eigenvalue weighted by molar-refractivity contribution is 0.0519. The fraction of sp³-hybridized carbons (Fsp3) is 0.333. The molecule has 0 aliphatic rings. The van der Waals surface area contributed by atoms with Crippen molar-refractivity contribution < 1.29 is 13.9 Å². The lowest BCUT2D eigenvalue weighted by Crippen LogP contribution is -2.25. The maximum absolute atomic E-state index is 12.8. The molecule has 0 aliphatic heterocycles. The minimum atomic E-state index is -0.530. The van der Waals surface area contributed by atoms with Crippen molar-refractivity contribution in [2.45, 2.75) is 39.5 Å². The Hall–Kier alpha value is -2.62. The normalized spacial score (nSPS) is 11.2. The average molecular weight is 340 g/mol. The molecule has 0 saturated carbocycles. The Bertz CT molecular complexity index is 823. The van der Waals surface area contributed by atoms with E-state index < -0.39 is 17.0 Å². The van der Waals surface area contributed by atoms with Crippen LogP contribution in [0.3, 0.4) is 0 Å². The van der Waals surface area contributed by atoms with Gasteiger partial charge in [0.2, 0.25) is 0 Å². The molecule has 0 unspecified atom stereocenters. The fourth-order valence-electron chi connectivity index (χ4n) is 2.75. The van der Waals surface area contributed by atoms with Gasteiger partial charge in [0.05, 0.1) is 12.2 Å². The van der Waals surface area contributed by atoms with Crippen LogP contribution in [0, 0.1) is 0 Å². The first kappa shape index (κ1) is 18.7. The first-order valence-corrected chi connectivity index (χ1v) is 8.35. The second-order valence-electron chi connectivity index (χ2n) is 6.78. The topological polar surface area (TPSA) is 56.5 Å². The Morgan fingerprint density at radius 1 is 1.24 bits per heavy atom. The smallest absolute Gasteiger partial charge is 0.342 e. The second-order valence-corrected chi connectivity index (χ2v) is 6.78. The number of carbonyl (C=O) groups excluding carboxylic acids is 1. The molecule has 0 saturated heterocycles. The van der Waals surface area contributed by atoms with E-state index in [0.29, 0.717) is 28.9 Å². The van der Waals surface area contributed by atoms with E-state index in [1.165, 1.54) is 0 Å². The SMILES string of the molecule is C=CCc1c(-c2ccccc2)c(C(=O)OCC)c(C(C)(C)C)oc1=O. The Morgan fingerprint density at radius 3 is 2.40 bits per heavy atom. The molecular formula is C21H24O4. The highest BCUT2D eigenvalue weighted by Crippen LogP contribution is 2.35. The first-order chi connectivity index (χ1) is 11.8. The zero-order chi connectivity index (χ0) is 18.6. The van der Waals surface area contributed by atoms with Gasteiger partial charge in [-0.3, -0.25) is 0 Å². The zero-order valence-corrected chi connectivity index (χ0v) is 15.2. The number of benzene rings is 1. The highest BCUT2D eigenvalue weighted by molar-refractivity contribution is 5.99. The lowest BCUT2D eigenvalue weighted by Gasteiger charge is -2.23. The number of hydrogen-bond acceptors (Lipinski definition) is 4. The Morgan fingerprint density at radius 2 is 1.88 bits per heavy atom. The van der Waals surface area contributed by atoms with Gasteiger partial charge >= 0.3 is 11.6 Å². The molecule has 0 amide bonds. The van der Waals surface area contributed by atoms with Crippen LogP contribution in [0.1, 0.15) is 49.4 Å². The molecular weight excluding hydrogens is 316 g/mol. The maximum atomic E-state index is 12.8. The predicted octanol–water partition coefficient (Wildman–Crippen LogP) is 4.51. The summed E-state index contributed by atoms with van der Waals surface area (Å²) in [5, 5.41) is 0. The van der Waals surface area contributed by atoms with Crippen molar-refractivity contribution in [1.29, 1.82) is 0 Å². The van der Waals surface area contributed by atoms with Gasteiger partial charge in [0.25, 0.3) is 0 Å². The summed E-state index contributed by atoms with van der Waals surface area (Å²) >= 11 is 0. The molecule has 2 rings (SSSR count). The van der Waals surface area contributed by atoms with Crippen LogP contribution in [0.25, 0.3) is 11.1 Å². The van der Waals surface area contributed by atoms with Gasteiger partial charge in [-0.25, -0.2) is 9.59 Å². The summed E-state index contributed by atoms with van der Waals surface area (Å²) in [4.78, 5) is 25.4. The molecule has 0 atom stereocenters. The third-order valence-corrected chi connectivity index (χ3v) is 3.79. The summed E-state index contributed by atoms with van der Waals surface area (Å²) < 4.78 is 10.9. The summed E-state index contributed by atoms with van der Waals surface area (Å²) in [6.07, 6.45) is 1.94. The first-order valence-electron chi connectivity index (χ1n) is 8.35. The second kappa shape index (κ2) is 7.51. The van der Waals surface area contributed by atoms with Crippen LogP contribution in [0.5, 0.6) is 0 Å². The van der Waals surface area contributed by atoms with Crippen LogP contribution in [0.2, 0.25) is 0 Å². The number of esters is 1. The van der Waals surface area contributed by atoms with Gasteiger partial charge in [0.1, 0.15) is 11.3 Å². The lowest BCUT2D eigenvalue weighted by atomic mass is 9.84. The van der Waals surface area contributed by atoms with Crippen molar-refractivity contribution in [2.24, 2.45) is 0 Å². The molecule has 0 spiro atoms. The monoisotopic (exact) mass is 340 g/mol. The van der Waals surface area contributed by atoms with Crippen LogP contribution >= 0.6 is 0 Å². The summed E-state index contributed by atoms with van der Waals surface area (Å²) in [6.45, 7) is 11.4. The predicted molar refractivity (Wildman–Crippen MR) is 99.0 cm³/mol. The molecule has 0 bridgehead atoms. The molecule has 1 aromatic carbocycles. The number of rotatable bonds is 5. The van der Waals surface area contributed by atoms with Gasteiger partial charge in [-0.05, 0) is 18.9 Å². The van der Waals surface area contributed by atoms with E-state index in [1.807, 2.05) is 51.1 Å². The van der Waals surface area contributed by atoms with E-state index in [2.05, 4.69) is 6.58 Å². The van der Waals surface area contributed by atoms with E-state index in [-0.39, 0.29) is 6.61 Å². The number of carbonyl (C=O) groups is 1. The van der Waals surface area contributed by atoms with Crippen molar-refractivity contribution in [1.82, 2.24) is 0 Å². The van der Waals surface area contributed by atoms with E-state index >= 15 is 0 Å². The Labute approximate surface area is 148 Å². The molecule has 0 aliphatic carbocycles. The van der Waals surface area contributed by atoms with Gasteiger partial charge in [0, 0.05) is 11.0 Å². The summed E-state index contributed by atoms with van der Waals surface area (Å²) in [6, 6.07) is 9.37. The van der Waals surface area contributed by atoms with E-state index in [1.54, 1.807) is 13.0 Å². The molecule has 4 heteroatoms. The van der Waals surface area contributed by atoms with E-state index in [0.717, 1.165) is 5.56 Å². The van der Waals surface area contributed by atoms with Gasteiger partial charge in [0.15, 0.2) is 0 Å². The Balaban J connectivity index is 2.96. The van der Waals surface area contributed by atoms with Crippen LogP contribution in [-0.2, 0) is 16.6 Å². The Kier molecular flexibility index (Phi) is 5.62. The standard InChI is InChI=1S/C21H24O4/c1-6-11-15-16(14-12-9-8-10-13-14)17(20(23)24-7-2)18(21(3,4)5)25-19(15)22/h6,8-10,12-13H,1,7,11H2,2-5H3. The minimum Gasteiger partial charge on any atom is -0.462 e. The molecule has 0 N–H and O–H groups in total. The molecule has 4 nitrogen and oxygen atoms in total. The van der Waals surface area contributed by atoms with Gasteiger partial charge in [-0.1, -0.05) is 57.2 Å². The maximum Gasteiger partial charge on any atom is 0.342 e. The molecule has 1 aromatic heterocycles. The van der Waals surface area contributed by atoms with E-state index in [9.17, 15) is 9.59 Å². The third kappa shape index (κ3) is 3.90. The fourth-order valence-corrected chi connectivity index (χ4v) is 2.75. The summed E-state index contributed by atoms with van der Waals surface area (Å²) in [7, 11) is 0. The molecule has 0 radical (unpaired) electrons. The highest BCUT2D eigenvalue weighted by Gasteiger charge is 2.32. The zero-order valence-electron chi connectivity index (χ0n) is 15.2. The van der Waals surface area contributed by atoms with Crippen molar-refractivity contribution in [2.75, 3.05) is 6.61 Å². The largest absolute Gasteiger partial charge is 0.462 e. The molecule has 1 heterocycles. The highest BCUT2D eigenvalue weighted by atomic mass is 16.5. The van der Waals surface area contributed by atoms with Gasteiger partial charge < -0.3 is 9.15 Å². The number of ether oxygens (including phenoxy) is 1. The van der Waals surface area contributed by atoms with Crippen molar-refractivity contribution in [3.63, 3.8) is 0 Å². The molecule has 132 valence electrons. The summed E-state index contributed by atoms with van der Waals surface area (Å²) in [5.41, 5.74) is 1.10. The van der Waals surface area contributed by atoms with E-state index in [4.69, 9.17) is 9.15 Å². The minimum absolute atomic E-state index is 0.243. The van der Waals surface area contributed by atoms with Gasteiger partial charge in [-0.15, -0.1) is 6.58 Å². The number of hydrogen-bond donors (Lipinski definition) is 0. The van der Waals surface area contributed by atoms with Crippen molar-refractivity contribution in [3.05, 3.63) is 70.3 Å². The summed E-state index contributed by atoms with van der Waals surface area (Å²) in [5.74, 6) is -0.150. The average Bonchev–Trinajstić information content (AvgIpc) is 2.56. The molecule has 2 aromatic rings. The number of allylic oxidation sites excluding steroid dienone is 1. The van der Waals surface area contributed by atoms with Crippen LogP contribution in [-0.4, -0.2) is 12.6 Å². The molecule has 25 heavy (non-hydrogen) atoms. The van der Waals surface area contributed by atoms with Crippen molar-refractivity contribution >= 4 is 5.97 Å². The van der Waals surface area contributed by atoms with Crippen LogP contribution < -0.4 is 5.63 Å². The van der Waals surface area contributed by atoms with Gasteiger partial charge in [-0.2, -0.15) is 0 Å². The third-order valence-electron chi connectivity index (χ3n) is 3.79. The van der Waals surface area contributed by atoms with Crippen LogP contribution in [0.4, 0.5) is 0 Å². The van der Waals surface area contributed by atoms with Crippen LogP contribution in [0.15, 0.2) is 52.2 Å². The van der Waals surface area contributed by atoms with Crippen molar-refractivity contribution in [3.8, 4) is 11.1 Å². The quantitative estimate of drug-likeness (QED) is 0.593. The molecule has 0 fully saturated rings.